The number of thioether (sulfide) groups is 1. The molecule has 0 saturated heterocycles. The Bertz CT molecular complexity index is 1470. The Morgan fingerprint density at radius 2 is 1.79 bits per heavy atom. The second-order valence-corrected chi connectivity index (χ2v) is 11.1. The number of phenolic OH excluding ortho intramolecular Hbond substituents is 1. The van der Waals surface area contributed by atoms with Crippen LogP contribution in [0, 0.1) is 10.1 Å². The van der Waals surface area contributed by atoms with Crippen LogP contribution in [0.3, 0.4) is 0 Å². The Balaban J connectivity index is 1.62. The number of fused-ring (bicyclic) bond motifs is 1. The molecule has 0 aromatic heterocycles. The van der Waals surface area contributed by atoms with Crippen molar-refractivity contribution in [1.82, 2.24) is 0 Å². The fourth-order valence-corrected chi connectivity index (χ4v) is 6.26. The maximum Gasteiger partial charge on any atom is 0.311 e. The number of carbonyl (C=O) groups is 1. The zero-order valence-corrected chi connectivity index (χ0v) is 20.1. The predicted molar refractivity (Wildman–Crippen MR) is 131 cm³/mol. The van der Waals surface area contributed by atoms with Crippen molar-refractivity contribution < 1.29 is 23.2 Å². The van der Waals surface area contributed by atoms with Crippen LogP contribution in [0.25, 0.3) is 6.08 Å². The van der Waals surface area contributed by atoms with E-state index in [9.17, 15) is 28.4 Å². The van der Waals surface area contributed by atoms with Gasteiger partial charge in [0.25, 0.3) is 5.91 Å². The van der Waals surface area contributed by atoms with E-state index in [0.29, 0.717) is 16.1 Å². The summed E-state index contributed by atoms with van der Waals surface area (Å²) in [7, 11) is -3.82. The van der Waals surface area contributed by atoms with Crippen LogP contribution in [0.1, 0.15) is 11.1 Å². The third-order valence-electron chi connectivity index (χ3n) is 4.89. The molecule has 174 valence electrons. The van der Waals surface area contributed by atoms with Gasteiger partial charge >= 0.3 is 5.69 Å². The normalized spacial score (nSPS) is 14.5. The van der Waals surface area contributed by atoms with Crippen molar-refractivity contribution in [2.24, 2.45) is 0 Å². The molecule has 0 radical (unpaired) electrons. The van der Waals surface area contributed by atoms with E-state index in [4.69, 9.17) is 23.2 Å². The summed E-state index contributed by atoms with van der Waals surface area (Å²) in [4.78, 5) is 23.8. The van der Waals surface area contributed by atoms with Crippen molar-refractivity contribution in [3.05, 3.63) is 90.8 Å². The number of phenols is 1. The SMILES string of the molecule is O=C1Nc2cc(S(=O)(=O)Cc3c(Cl)cccc3Cl)ccc2S/C1=C\c1ccc(O)c([N+](=O)[O-])c1. The predicted octanol–water partition coefficient (Wildman–Crippen LogP) is 5.67. The van der Waals surface area contributed by atoms with Gasteiger partial charge in [0.15, 0.2) is 15.6 Å². The lowest BCUT2D eigenvalue weighted by Gasteiger charge is -2.19. The molecule has 8 nitrogen and oxygen atoms in total. The number of anilines is 1. The number of halogens is 2. The first-order valence-corrected chi connectivity index (χ1v) is 12.8. The number of aromatic hydroxyl groups is 1. The molecule has 0 fully saturated rings. The van der Waals surface area contributed by atoms with E-state index in [2.05, 4.69) is 5.32 Å². The highest BCUT2D eigenvalue weighted by molar-refractivity contribution is 8.04. The monoisotopic (exact) mass is 536 g/mol. The number of hydrogen-bond donors (Lipinski definition) is 2. The molecule has 1 amide bonds. The van der Waals surface area contributed by atoms with Gasteiger partial charge in [0, 0.05) is 26.6 Å². The minimum absolute atomic E-state index is 0.00951. The Kier molecular flexibility index (Phi) is 6.59. The smallest absolute Gasteiger partial charge is 0.311 e. The lowest BCUT2D eigenvalue weighted by Crippen LogP contribution is -2.18. The molecule has 1 aliphatic heterocycles. The highest BCUT2D eigenvalue weighted by Crippen LogP contribution is 2.41. The number of carbonyl (C=O) groups excluding carboxylic acids is 1. The Hall–Kier alpha value is -3.05. The number of benzene rings is 3. The van der Waals surface area contributed by atoms with Gasteiger partial charge in [-0.05, 0) is 48.0 Å². The molecule has 3 aromatic carbocycles. The lowest BCUT2D eigenvalue weighted by molar-refractivity contribution is -0.385. The number of hydrogen-bond acceptors (Lipinski definition) is 7. The lowest BCUT2D eigenvalue weighted by atomic mass is 10.1. The maximum atomic E-state index is 13.0. The van der Waals surface area contributed by atoms with Crippen molar-refractivity contribution in [1.29, 1.82) is 0 Å². The largest absolute Gasteiger partial charge is 0.502 e. The van der Waals surface area contributed by atoms with E-state index in [1.54, 1.807) is 24.3 Å². The zero-order valence-electron chi connectivity index (χ0n) is 17.0. The van der Waals surface area contributed by atoms with Crippen molar-refractivity contribution in [3.8, 4) is 5.75 Å². The van der Waals surface area contributed by atoms with Crippen LogP contribution in [-0.2, 0) is 20.4 Å². The molecule has 1 aliphatic rings. The number of nitro groups is 1. The molecule has 0 saturated carbocycles. The first kappa shape index (κ1) is 24.1. The third kappa shape index (κ3) is 4.90. The van der Waals surface area contributed by atoms with Gasteiger partial charge in [0.2, 0.25) is 0 Å². The number of nitro benzene ring substituents is 1. The average Bonchev–Trinajstić information content (AvgIpc) is 2.77. The summed E-state index contributed by atoms with van der Waals surface area (Å²) in [5.74, 6) is -1.39. The van der Waals surface area contributed by atoms with Crippen molar-refractivity contribution in [3.63, 3.8) is 0 Å². The van der Waals surface area contributed by atoms with Gasteiger partial charge < -0.3 is 10.4 Å². The van der Waals surface area contributed by atoms with Crippen molar-refractivity contribution >= 4 is 68.2 Å². The van der Waals surface area contributed by atoms with Gasteiger partial charge in [-0.1, -0.05) is 47.1 Å². The number of nitrogens with one attached hydrogen (secondary N) is 1. The summed E-state index contributed by atoms with van der Waals surface area (Å²) < 4.78 is 25.9. The summed E-state index contributed by atoms with van der Waals surface area (Å²) in [6.07, 6.45) is 1.44. The number of rotatable bonds is 5. The van der Waals surface area contributed by atoms with Crippen LogP contribution in [0.5, 0.6) is 5.75 Å². The standard InChI is InChI=1S/C22H14Cl2N2O6S2/c23-15-2-1-3-16(24)14(15)11-34(31,32)13-5-7-20-17(10-13)25-22(28)21(33-20)9-12-4-6-19(27)18(8-12)26(29)30/h1-10,27H,11H2,(H,25,28)/b21-9-. The molecule has 34 heavy (non-hydrogen) atoms. The zero-order chi connectivity index (χ0) is 24.6. The molecule has 0 aliphatic carbocycles. The molecular formula is C22H14Cl2N2O6S2. The Labute approximate surface area is 208 Å². The fourth-order valence-electron chi connectivity index (χ4n) is 3.20. The molecule has 1 heterocycles. The molecule has 0 atom stereocenters. The summed E-state index contributed by atoms with van der Waals surface area (Å²) in [6, 6.07) is 12.8. The molecule has 2 N–H and O–H groups in total. The van der Waals surface area contributed by atoms with E-state index in [-0.39, 0.29) is 25.4 Å². The minimum atomic E-state index is -3.82. The number of nitrogens with zero attached hydrogens (tertiary/aromatic N) is 1. The van der Waals surface area contributed by atoms with Crippen molar-refractivity contribution in [2.75, 3.05) is 5.32 Å². The van der Waals surface area contributed by atoms with Gasteiger partial charge in [0.05, 0.1) is 26.2 Å². The van der Waals surface area contributed by atoms with Gasteiger partial charge in [-0.25, -0.2) is 8.42 Å². The van der Waals surface area contributed by atoms with Gasteiger partial charge in [-0.3, -0.25) is 14.9 Å². The first-order valence-electron chi connectivity index (χ1n) is 9.53. The van der Waals surface area contributed by atoms with Crippen LogP contribution in [0.4, 0.5) is 11.4 Å². The van der Waals surface area contributed by atoms with E-state index in [1.165, 1.54) is 30.3 Å². The Morgan fingerprint density at radius 3 is 2.47 bits per heavy atom. The molecule has 4 rings (SSSR count). The fraction of sp³-hybridized carbons (Fsp3) is 0.0455. The van der Waals surface area contributed by atoms with E-state index in [0.717, 1.165) is 17.8 Å². The molecule has 3 aromatic rings. The highest BCUT2D eigenvalue weighted by atomic mass is 35.5. The molecular weight excluding hydrogens is 523 g/mol. The second-order valence-electron chi connectivity index (χ2n) is 7.19. The van der Waals surface area contributed by atoms with E-state index in [1.807, 2.05) is 0 Å². The van der Waals surface area contributed by atoms with Gasteiger partial charge in [0.1, 0.15) is 0 Å². The van der Waals surface area contributed by atoms with Crippen molar-refractivity contribution in [2.45, 2.75) is 15.5 Å². The summed E-state index contributed by atoms with van der Waals surface area (Å²) in [5, 5.41) is 23.8. The summed E-state index contributed by atoms with van der Waals surface area (Å²) in [6.45, 7) is 0. The van der Waals surface area contributed by atoms with Gasteiger partial charge in [-0.15, -0.1) is 0 Å². The quantitative estimate of drug-likeness (QED) is 0.244. The minimum Gasteiger partial charge on any atom is -0.502 e. The number of sulfone groups is 1. The second kappa shape index (κ2) is 9.30. The molecule has 0 unspecified atom stereocenters. The van der Waals surface area contributed by atoms with Crippen LogP contribution >= 0.6 is 35.0 Å². The molecule has 0 spiro atoms. The van der Waals surface area contributed by atoms with Crippen LogP contribution < -0.4 is 5.32 Å². The highest BCUT2D eigenvalue weighted by Gasteiger charge is 2.25. The maximum absolute atomic E-state index is 13.0. The summed E-state index contributed by atoms with van der Waals surface area (Å²) >= 11 is 13.3. The van der Waals surface area contributed by atoms with E-state index >= 15 is 0 Å². The third-order valence-corrected chi connectivity index (χ3v) is 8.34. The topological polar surface area (TPSA) is 127 Å². The molecule has 12 heteroatoms. The van der Waals surface area contributed by atoms with Gasteiger partial charge in [-0.2, -0.15) is 0 Å². The summed E-state index contributed by atoms with van der Waals surface area (Å²) in [5.41, 5.74) is 0.469. The molecule has 0 bridgehead atoms. The van der Waals surface area contributed by atoms with Crippen LogP contribution in [-0.4, -0.2) is 24.4 Å². The number of amides is 1. The average molecular weight is 537 g/mol. The first-order chi connectivity index (χ1) is 16.0. The van der Waals surface area contributed by atoms with Crippen LogP contribution in [0.2, 0.25) is 10.0 Å². The Morgan fingerprint density at radius 1 is 1.09 bits per heavy atom. The van der Waals surface area contributed by atoms with Crippen LogP contribution in [0.15, 0.2) is 69.3 Å². The van der Waals surface area contributed by atoms with E-state index < -0.39 is 37.9 Å².